The van der Waals surface area contributed by atoms with Gasteiger partial charge in [0.05, 0.1) is 6.21 Å². The largest absolute Gasteiger partial charge is 0.386 e. The highest BCUT2D eigenvalue weighted by Gasteiger charge is 2.20. The maximum Gasteiger partial charge on any atom is 0.386 e. The van der Waals surface area contributed by atoms with Gasteiger partial charge in [0, 0.05) is 36.6 Å². The highest BCUT2D eigenvalue weighted by molar-refractivity contribution is 7.80. The number of hydrogen-bond donors (Lipinski definition) is 2. The molecule has 0 saturated heterocycles. The molecule has 0 fully saturated rings. The number of thiocarbonyl (C=S) groups is 1. The maximum atomic E-state index is 10.4. The van der Waals surface area contributed by atoms with Crippen LogP contribution < -0.4 is 15.6 Å². The van der Waals surface area contributed by atoms with Crippen molar-refractivity contribution in [3.8, 4) is 0 Å². The van der Waals surface area contributed by atoms with Crippen LogP contribution in [-0.2, 0) is 12.8 Å². The van der Waals surface area contributed by atoms with Gasteiger partial charge in [-0.2, -0.15) is 18.3 Å². The van der Waals surface area contributed by atoms with E-state index in [4.69, 9.17) is 12.2 Å². The number of alkyl halides is 3. The molecule has 0 bridgehead atoms. The van der Waals surface area contributed by atoms with Gasteiger partial charge in [-0.1, -0.05) is 67.6 Å². The van der Waals surface area contributed by atoms with Crippen LogP contribution in [0.1, 0.15) is 48.1 Å². The molecule has 0 amide bonds. The molecular weight excluding hydrogens is 529 g/mol. The molecule has 3 aromatic carbocycles. The Kier molecular flexibility index (Phi) is 10.7. The lowest BCUT2D eigenvalue weighted by atomic mass is 9.87. The zero-order chi connectivity index (χ0) is 29.3. The first-order chi connectivity index (χ1) is 19.0. The average Bonchev–Trinajstić information content (AvgIpc) is 2.91. The second-order valence-electron chi connectivity index (χ2n) is 9.49. The number of nitrogens with one attached hydrogen (secondary N) is 2. The molecule has 4 nitrogen and oxygen atoms in total. The Hall–Kier alpha value is -3.91. The topological polar surface area (TPSA) is 39.7 Å². The standard InChI is InChI=1S/C30H32N4S.C2H3F3/c1-5-23-9-7-8-10-28(23)32-30(35)33-31-20-22-13-17-27-24(19-22)14-18-29(26(27)6-2)34(4)25-15-11-21(3)12-16-25;1-2(3,4)5/h6-13,15-17,19-20H,2,5,14,18H2,1,3-4H3,(H2,32,33,35);1H3/b31-20+;. The molecule has 0 radical (unpaired) electrons. The van der Waals surface area contributed by atoms with Gasteiger partial charge in [0.1, 0.15) is 0 Å². The first-order valence-corrected chi connectivity index (χ1v) is 13.4. The van der Waals surface area contributed by atoms with Crippen molar-refractivity contribution in [1.82, 2.24) is 5.43 Å². The number of anilines is 2. The minimum Gasteiger partial charge on any atom is -0.348 e. The highest BCUT2D eigenvalue weighted by atomic mass is 32.1. The molecule has 3 aromatic rings. The van der Waals surface area contributed by atoms with Gasteiger partial charge in [0.25, 0.3) is 0 Å². The molecule has 0 heterocycles. The van der Waals surface area contributed by atoms with Crippen LogP contribution in [0.3, 0.4) is 0 Å². The predicted octanol–water partition coefficient (Wildman–Crippen LogP) is 8.43. The van der Waals surface area contributed by atoms with Crippen molar-refractivity contribution < 1.29 is 13.2 Å². The molecule has 0 aromatic heterocycles. The van der Waals surface area contributed by atoms with E-state index >= 15 is 0 Å². The lowest BCUT2D eigenvalue weighted by molar-refractivity contribution is -0.110. The summed E-state index contributed by atoms with van der Waals surface area (Å²) in [4.78, 5) is 2.28. The van der Waals surface area contributed by atoms with Crippen LogP contribution in [0.4, 0.5) is 24.5 Å². The Morgan fingerprint density at radius 1 is 1.07 bits per heavy atom. The van der Waals surface area contributed by atoms with Crippen molar-refractivity contribution in [3.63, 3.8) is 0 Å². The van der Waals surface area contributed by atoms with Crippen LogP contribution >= 0.6 is 12.2 Å². The predicted molar refractivity (Wildman–Crippen MR) is 166 cm³/mol. The van der Waals surface area contributed by atoms with Crippen molar-refractivity contribution in [1.29, 1.82) is 0 Å². The minimum atomic E-state index is -4.00. The van der Waals surface area contributed by atoms with Gasteiger partial charge in [-0.3, -0.25) is 5.43 Å². The lowest BCUT2D eigenvalue weighted by Gasteiger charge is -2.30. The number of benzene rings is 3. The normalized spacial score (nSPS) is 12.8. The first-order valence-electron chi connectivity index (χ1n) is 13.0. The number of aryl methyl sites for hydroxylation is 3. The molecule has 8 heteroatoms. The third kappa shape index (κ3) is 8.81. The molecule has 0 atom stereocenters. The number of hydrazone groups is 1. The van der Waals surface area contributed by atoms with E-state index in [1.165, 1.54) is 39.2 Å². The Labute approximate surface area is 240 Å². The van der Waals surface area contributed by atoms with E-state index in [0.717, 1.165) is 30.5 Å². The van der Waals surface area contributed by atoms with Crippen molar-refractivity contribution in [2.45, 2.75) is 46.2 Å². The number of allylic oxidation sites excluding steroid dienone is 3. The van der Waals surface area contributed by atoms with E-state index in [-0.39, 0.29) is 6.92 Å². The number of para-hydroxylation sites is 1. The highest BCUT2D eigenvalue weighted by Crippen LogP contribution is 2.35. The summed E-state index contributed by atoms with van der Waals surface area (Å²) < 4.78 is 31.1. The lowest BCUT2D eigenvalue weighted by Crippen LogP contribution is -2.24. The van der Waals surface area contributed by atoms with E-state index in [1.807, 2.05) is 30.5 Å². The number of fused-ring (bicyclic) bond motifs is 1. The Morgan fingerprint density at radius 3 is 2.40 bits per heavy atom. The van der Waals surface area contributed by atoms with Crippen LogP contribution in [-0.4, -0.2) is 24.6 Å². The molecular formula is C32H35F3N4S. The molecule has 0 saturated carbocycles. The van der Waals surface area contributed by atoms with E-state index in [9.17, 15) is 13.2 Å². The smallest absolute Gasteiger partial charge is 0.348 e. The van der Waals surface area contributed by atoms with Gasteiger partial charge < -0.3 is 10.2 Å². The quantitative estimate of drug-likeness (QED) is 0.172. The second kappa shape index (κ2) is 13.9. The molecule has 4 rings (SSSR count). The minimum absolute atomic E-state index is 0.188. The average molecular weight is 565 g/mol. The summed E-state index contributed by atoms with van der Waals surface area (Å²) in [6.45, 7) is 8.55. The van der Waals surface area contributed by atoms with Gasteiger partial charge in [-0.15, -0.1) is 0 Å². The Balaban J connectivity index is 0.000000810. The van der Waals surface area contributed by atoms with Gasteiger partial charge in [-0.05, 0) is 84.9 Å². The molecule has 0 aliphatic heterocycles. The molecule has 1 aliphatic rings. The van der Waals surface area contributed by atoms with E-state index in [1.54, 1.807) is 0 Å². The summed E-state index contributed by atoms with van der Waals surface area (Å²) in [5, 5.41) is 8.05. The summed E-state index contributed by atoms with van der Waals surface area (Å²) in [5.74, 6) is 0. The first kappa shape index (κ1) is 30.6. The second-order valence-corrected chi connectivity index (χ2v) is 9.90. The van der Waals surface area contributed by atoms with Crippen LogP contribution in [0, 0.1) is 6.92 Å². The fourth-order valence-electron chi connectivity index (χ4n) is 4.47. The summed E-state index contributed by atoms with van der Waals surface area (Å²) in [6, 6.07) is 23.3. The fourth-order valence-corrected chi connectivity index (χ4v) is 4.64. The Morgan fingerprint density at radius 2 is 1.75 bits per heavy atom. The molecule has 210 valence electrons. The van der Waals surface area contributed by atoms with Crippen LogP contribution in [0.25, 0.3) is 5.57 Å². The zero-order valence-electron chi connectivity index (χ0n) is 23.3. The molecule has 1 aliphatic carbocycles. The number of halogens is 3. The summed E-state index contributed by atoms with van der Waals surface area (Å²) in [7, 11) is 2.14. The zero-order valence-corrected chi connectivity index (χ0v) is 24.1. The maximum absolute atomic E-state index is 10.4. The molecule has 2 N–H and O–H groups in total. The van der Waals surface area contributed by atoms with Crippen molar-refractivity contribution in [2.24, 2.45) is 5.10 Å². The van der Waals surface area contributed by atoms with Gasteiger partial charge in [0.2, 0.25) is 0 Å². The van der Waals surface area contributed by atoms with Gasteiger partial charge >= 0.3 is 6.18 Å². The number of nitrogens with zero attached hydrogens (tertiary/aromatic N) is 2. The van der Waals surface area contributed by atoms with E-state index in [0.29, 0.717) is 5.11 Å². The monoisotopic (exact) mass is 564 g/mol. The van der Waals surface area contributed by atoms with Crippen LogP contribution in [0.5, 0.6) is 0 Å². The Bertz CT molecular complexity index is 1390. The van der Waals surface area contributed by atoms with Crippen molar-refractivity contribution >= 4 is 40.5 Å². The van der Waals surface area contributed by atoms with E-state index in [2.05, 4.69) is 96.7 Å². The van der Waals surface area contributed by atoms with Crippen LogP contribution in [0.2, 0.25) is 0 Å². The summed E-state index contributed by atoms with van der Waals surface area (Å²) >= 11 is 5.41. The third-order valence-electron chi connectivity index (χ3n) is 6.42. The van der Waals surface area contributed by atoms with Gasteiger partial charge in [0.15, 0.2) is 5.11 Å². The van der Waals surface area contributed by atoms with E-state index < -0.39 is 6.18 Å². The fraction of sp³-hybridized carbons (Fsp3) is 0.250. The van der Waals surface area contributed by atoms with Crippen LogP contribution in [0.15, 0.2) is 90.2 Å². The molecule has 0 unspecified atom stereocenters. The number of rotatable bonds is 7. The molecule has 40 heavy (non-hydrogen) atoms. The summed E-state index contributed by atoms with van der Waals surface area (Å²) in [6.07, 6.45) is 2.66. The van der Waals surface area contributed by atoms with Crippen molar-refractivity contribution in [2.75, 3.05) is 17.3 Å². The number of hydrogen-bond acceptors (Lipinski definition) is 3. The third-order valence-corrected chi connectivity index (χ3v) is 6.61. The summed E-state index contributed by atoms with van der Waals surface area (Å²) in [5.41, 5.74) is 13.7. The SMILES string of the molecule is C=CC1=C(N(C)c2ccc(C)cc2)CCc2cc(/C=N/NC(=S)Nc3ccccc3CC)ccc21.CC(F)(F)F. The molecule has 0 spiro atoms. The van der Waals surface area contributed by atoms with Gasteiger partial charge in [-0.25, -0.2) is 0 Å². The van der Waals surface area contributed by atoms with Crippen molar-refractivity contribution in [3.05, 3.63) is 113 Å².